The first-order valence-electron chi connectivity index (χ1n) is 6.76. The van der Waals surface area contributed by atoms with Gasteiger partial charge in [-0.15, -0.1) is 0 Å². The van der Waals surface area contributed by atoms with E-state index in [0.29, 0.717) is 0 Å². The van der Waals surface area contributed by atoms with Crippen molar-refractivity contribution in [3.63, 3.8) is 0 Å². The van der Waals surface area contributed by atoms with Crippen LogP contribution in [0.15, 0.2) is 18.2 Å². The Balaban J connectivity index is 2.01. The summed E-state index contributed by atoms with van der Waals surface area (Å²) in [6.07, 6.45) is 5.82. The van der Waals surface area contributed by atoms with E-state index in [1.165, 1.54) is 24.8 Å². The minimum absolute atomic E-state index is 0.0908. The molecule has 3 heteroatoms. The van der Waals surface area contributed by atoms with E-state index < -0.39 is 0 Å². The lowest BCUT2D eigenvalue weighted by Crippen LogP contribution is -2.49. The Kier molecular flexibility index (Phi) is 4.66. The maximum Gasteiger partial charge on any atom is 0.0613 e. The van der Waals surface area contributed by atoms with Crippen molar-refractivity contribution in [2.75, 3.05) is 6.61 Å². The van der Waals surface area contributed by atoms with Crippen LogP contribution < -0.4 is 5.32 Å². The van der Waals surface area contributed by atoms with Gasteiger partial charge in [-0.2, -0.15) is 0 Å². The molecule has 0 aromatic heterocycles. The molecule has 2 rings (SSSR count). The molecule has 18 heavy (non-hydrogen) atoms. The average Bonchev–Trinajstić information content (AvgIpc) is 2.39. The third-order valence-corrected chi connectivity index (χ3v) is 4.33. The maximum absolute atomic E-state index is 9.64. The van der Waals surface area contributed by atoms with Crippen LogP contribution >= 0.6 is 11.6 Å². The topological polar surface area (TPSA) is 32.3 Å². The fourth-order valence-electron chi connectivity index (χ4n) is 2.70. The van der Waals surface area contributed by atoms with E-state index in [1.54, 1.807) is 0 Å². The first-order valence-corrected chi connectivity index (χ1v) is 7.14. The Morgan fingerprint density at radius 2 is 2.00 bits per heavy atom. The third-order valence-electron chi connectivity index (χ3n) is 3.98. The predicted molar refractivity (Wildman–Crippen MR) is 75.9 cm³/mol. The van der Waals surface area contributed by atoms with Gasteiger partial charge in [0.1, 0.15) is 0 Å². The van der Waals surface area contributed by atoms with Gasteiger partial charge in [-0.1, -0.05) is 43.0 Å². The summed E-state index contributed by atoms with van der Waals surface area (Å²) in [4.78, 5) is 0. The first-order chi connectivity index (χ1) is 8.65. The molecule has 0 bridgehead atoms. The van der Waals surface area contributed by atoms with E-state index in [-0.39, 0.29) is 12.1 Å². The molecule has 1 aromatic rings. The number of hydrogen-bond acceptors (Lipinski definition) is 2. The zero-order chi connectivity index (χ0) is 13.0. The third kappa shape index (κ3) is 3.25. The number of benzene rings is 1. The second-order valence-corrected chi connectivity index (χ2v) is 5.85. The van der Waals surface area contributed by atoms with E-state index in [0.717, 1.165) is 30.0 Å². The van der Waals surface area contributed by atoms with E-state index in [4.69, 9.17) is 11.6 Å². The lowest BCUT2D eigenvalue weighted by atomic mass is 9.82. The van der Waals surface area contributed by atoms with Crippen LogP contribution in [-0.4, -0.2) is 17.3 Å². The zero-order valence-electron chi connectivity index (χ0n) is 11.0. The number of rotatable bonds is 4. The van der Waals surface area contributed by atoms with Crippen LogP contribution in [0.3, 0.4) is 0 Å². The van der Waals surface area contributed by atoms with Crippen molar-refractivity contribution in [1.29, 1.82) is 0 Å². The van der Waals surface area contributed by atoms with Crippen molar-refractivity contribution in [1.82, 2.24) is 5.32 Å². The summed E-state index contributed by atoms with van der Waals surface area (Å²) in [5.74, 6) is 0. The van der Waals surface area contributed by atoms with Gasteiger partial charge in [0.15, 0.2) is 0 Å². The van der Waals surface area contributed by atoms with Crippen LogP contribution in [0, 0.1) is 6.92 Å². The smallest absolute Gasteiger partial charge is 0.0613 e. The molecule has 2 N–H and O–H groups in total. The van der Waals surface area contributed by atoms with E-state index in [1.807, 2.05) is 13.0 Å². The lowest BCUT2D eigenvalue weighted by Gasteiger charge is -2.36. The van der Waals surface area contributed by atoms with Crippen LogP contribution in [0.4, 0.5) is 0 Å². The molecule has 100 valence electrons. The van der Waals surface area contributed by atoms with Crippen LogP contribution in [0.5, 0.6) is 0 Å². The molecule has 0 spiro atoms. The molecule has 0 saturated heterocycles. The van der Waals surface area contributed by atoms with Crippen molar-refractivity contribution in [3.8, 4) is 0 Å². The van der Waals surface area contributed by atoms with Crippen molar-refractivity contribution < 1.29 is 5.11 Å². The number of aryl methyl sites for hydroxylation is 1. The maximum atomic E-state index is 9.64. The molecule has 0 aliphatic heterocycles. The normalized spacial score (nSPS) is 18.8. The van der Waals surface area contributed by atoms with Gasteiger partial charge >= 0.3 is 0 Å². The summed E-state index contributed by atoms with van der Waals surface area (Å²) in [6, 6.07) is 6.14. The molecular weight excluding hydrogens is 246 g/mol. The first kappa shape index (κ1) is 13.9. The highest BCUT2D eigenvalue weighted by Crippen LogP contribution is 2.28. The second-order valence-electron chi connectivity index (χ2n) is 5.45. The number of nitrogens with one attached hydrogen (secondary N) is 1. The molecule has 2 nitrogen and oxygen atoms in total. The summed E-state index contributed by atoms with van der Waals surface area (Å²) in [5, 5.41) is 14.0. The molecule has 0 unspecified atom stereocenters. The van der Waals surface area contributed by atoms with Gasteiger partial charge < -0.3 is 10.4 Å². The minimum Gasteiger partial charge on any atom is -0.394 e. The highest BCUT2D eigenvalue weighted by atomic mass is 35.5. The van der Waals surface area contributed by atoms with Crippen LogP contribution in [0.2, 0.25) is 5.02 Å². The molecule has 1 saturated carbocycles. The highest BCUT2D eigenvalue weighted by molar-refractivity contribution is 6.31. The molecule has 1 fully saturated rings. The zero-order valence-corrected chi connectivity index (χ0v) is 11.8. The number of halogens is 1. The summed E-state index contributed by atoms with van der Waals surface area (Å²) in [6.45, 7) is 3.00. The summed E-state index contributed by atoms with van der Waals surface area (Å²) < 4.78 is 0. The lowest BCUT2D eigenvalue weighted by molar-refractivity contribution is 0.119. The van der Waals surface area contributed by atoms with Crippen molar-refractivity contribution in [3.05, 3.63) is 34.3 Å². The quantitative estimate of drug-likeness (QED) is 0.876. The van der Waals surface area contributed by atoms with E-state index in [2.05, 4.69) is 17.4 Å². The van der Waals surface area contributed by atoms with Gasteiger partial charge in [0.25, 0.3) is 0 Å². The Bertz CT molecular complexity index is 399. The minimum atomic E-state index is -0.0908. The van der Waals surface area contributed by atoms with Gasteiger partial charge in [-0.3, -0.25) is 0 Å². The van der Waals surface area contributed by atoms with Gasteiger partial charge in [0.05, 0.1) is 6.61 Å². The Labute approximate surface area is 114 Å². The van der Waals surface area contributed by atoms with Crippen molar-refractivity contribution in [2.24, 2.45) is 0 Å². The molecule has 0 radical (unpaired) electrons. The van der Waals surface area contributed by atoms with E-state index in [9.17, 15) is 5.11 Å². The molecule has 0 atom stereocenters. The van der Waals surface area contributed by atoms with Gasteiger partial charge in [0.2, 0.25) is 0 Å². The molecule has 1 aliphatic carbocycles. The predicted octanol–water partition coefficient (Wildman–Crippen LogP) is 3.43. The number of hydrogen-bond donors (Lipinski definition) is 2. The molecule has 1 aliphatic rings. The van der Waals surface area contributed by atoms with E-state index >= 15 is 0 Å². The number of aliphatic hydroxyl groups is 1. The Morgan fingerprint density at radius 1 is 1.28 bits per heavy atom. The number of aliphatic hydroxyl groups excluding tert-OH is 1. The fraction of sp³-hybridized carbons (Fsp3) is 0.600. The van der Waals surface area contributed by atoms with Crippen molar-refractivity contribution in [2.45, 2.75) is 51.1 Å². The molecule has 1 aromatic carbocycles. The SMILES string of the molecule is Cc1ccc(CNC2(CO)CCCCC2)c(Cl)c1. The van der Waals surface area contributed by atoms with Gasteiger partial charge in [0, 0.05) is 17.1 Å². The van der Waals surface area contributed by atoms with Crippen LogP contribution in [0.25, 0.3) is 0 Å². The monoisotopic (exact) mass is 267 g/mol. The standard InChI is InChI=1S/C15H22ClNO/c1-12-5-6-13(14(16)9-12)10-17-15(11-18)7-3-2-4-8-15/h5-6,9,17-18H,2-4,7-8,10-11H2,1H3. The van der Waals surface area contributed by atoms with Crippen molar-refractivity contribution >= 4 is 11.6 Å². The fourth-order valence-corrected chi connectivity index (χ4v) is 3.00. The second kappa shape index (κ2) is 6.05. The largest absolute Gasteiger partial charge is 0.394 e. The van der Waals surface area contributed by atoms with Gasteiger partial charge in [-0.25, -0.2) is 0 Å². The molecular formula is C15H22ClNO. The van der Waals surface area contributed by atoms with Gasteiger partial charge in [-0.05, 0) is 37.0 Å². The Hall–Kier alpha value is -0.570. The summed E-state index contributed by atoms with van der Waals surface area (Å²) >= 11 is 6.23. The van der Waals surface area contributed by atoms with Crippen LogP contribution in [0.1, 0.15) is 43.2 Å². The van der Waals surface area contributed by atoms with Crippen LogP contribution in [-0.2, 0) is 6.54 Å². The highest BCUT2D eigenvalue weighted by Gasteiger charge is 2.30. The molecule has 0 amide bonds. The Morgan fingerprint density at radius 3 is 2.61 bits per heavy atom. The summed E-state index contributed by atoms with van der Waals surface area (Å²) in [5.41, 5.74) is 2.20. The summed E-state index contributed by atoms with van der Waals surface area (Å²) in [7, 11) is 0. The molecule has 0 heterocycles. The average molecular weight is 268 g/mol.